The van der Waals surface area contributed by atoms with E-state index in [1.165, 1.54) is 11.3 Å². The van der Waals surface area contributed by atoms with Crippen LogP contribution < -0.4 is 4.74 Å². The molecule has 24 heavy (non-hydrogen) atoms. The normalized spacial score (nSPS) is 12.0. The van der Waals surface area contributed by atoms with Crippen molar-refractivity contribution in [3.8, 4) is 17.3 Å². The molecule has 0 aliphatic heterocycles. The maximum Gasteiger partial charge on any atom is 0.235 e. The molecule has 0 aliphatic rings. The van der Waals surface area contributed by atoms with E-state index >= 15 is 0 Å². The monoisotopic (exact) mass is 360 g/mol. The Morgan fingerprint density at radius 3 is 2.67 bits per heavy atom. The predicted octanol–water partition coefficient (Wildman–Crippen LogP) is 4.41. The van der Waals surface area contributed by atoms with Gasteiger partial charge in [-0.05, 0) is 50.2 Å². The fraction of sp³-hybridized carbons (Fsp3) is 0.188. The fourth-order valence-electron chi connectivity index (χ4n) is 2.26. The number of aromatic nitrogens is 4. The Morgan fingerprint density at radius 2 is 1.96 bits per heavy atom. The van der Waals surface area contributed by atoms with Crippen LogP contribution in [0.15, 0.2) is 47.1 Å². The van der Waals surface area contributed by atoms with Crippen LogP contribution in [-0.2, 0) is 5.60 Å². The van der Waals surface area contributed by atoms with Gasteiger partial charge in [-0.3, -0.25) is 0 Å². The number of furan rings is 1. The second-order valence-corrected chi connectivity index (χ2v) is 7.06. The van der Waals surface area contributed by atoms with Gasteiger partial charge in [-0.1, -0.05) is 22.9 Å². The maximum atomic E-state index is 6.08. The SMILES string of the molecule is CC(C)(Oc1ccc(Cl)cc1)c1nn2c(-c3ccco3)nnc2s1. The zero-order chi connectivity index (χ0) is 16.7. The van der Waals surface area contributed by atoms with Gasteiger partial charge in [0, 0.05) is 5.02 Å². The molecule has 0 N–H and O–H groups in total. The third-order valence-corrected chi connectivity index (χ3v) is 4.89. The van der Waals surface area contributed by atoms with Crippen LogP contribution in [0.5, 0.6) is 5.75 Å². The average molecular weight is 361 g/mol. The minimum atomic E-state index is -0.625. The number of rotatable bonds is 4. The van der Waals surface area contributed by atoms with Gasteiger partial charge in [0.1, 0.15) is 5.75 Å². The van der Waals surface area contributed by atoms with Crippen molar-refractivity contribution in [2.24, 2.45) is 0 Å². The lowest BCUT2D eigenvalue weighted by atomic mass is 10.1. The summed E-state index contributed by atoms with van der Waals surface area (Å²) < 4.78 is 13.1. The highest BCUT2D eigenvalue weighted by atomic mass is 35.5. The van der Waals surface area contributed by atoms with E-state index in [-0.39, 0.29) is 0 Å². The summed E-state index contributed by atoms with van der Waals surface area (Å²) in [5, 5.41) is 14.4. The van der Waals surface area contributed by atoms with Crippen molar-refractivity contribution in [3.05, 3.63) is 52.7 Å². The molecule has 0 fully saturated rings. The maximum absolute atomic E-state index is 6.08. The van der Waals surface area contributed by atoms with Gasteiger partial charge >= 0.3 is 0 Å². The van der Waals surface area contributed by atoms with Crippen LogP contribution >= 0.6 is 22.9 Å². The Balaban J connectivity index is 1.69. The lowest BCUT2D eigenvalue weighted by molar-refractivity contribution is 0.107. The van der Waals surface area contributed by atoms with Crippen LogP contribution in [0.2, 0.25) is 5.02 Å². The third-order valence-electron chi connectivity index (χ3n) is 3.43. The van der Waals surface area contributed by atoms with E-state index in [1.54, 1.807) is 29.0 Å². The van der Waals surface area contributed by atoms with Crippen LogP contribution in [-0.4, -0.2) is 19.8 Å². The third kappa shape index (κ3) is 2.65. The summed E-state index contributed by atoms with van der Waals surface area (Å²) in [6, 6.07) is 10.9. The van der Waals surface area contributed by atoms with Gasteiger partial charge in [0.25, 0.3) is 0 Å². The molecule has 3 aromatic heterocycles. The zero-order valence-corrected chi connectivity index (χ0v) is 14.5. The quantitative estimate of drug-likeness (QED) is 0.539. The molecule has 8 heteroatoms. The largest absolute Gasteiger partial charge is 0.481 e. The van der Waals surface area contributed by atoms with Crippen LogP contribution in [0.4, 0.5) is 0 Å². The molecule has 4 rings (SSSR count). The molecular weight excluding hydrogens is 348 g/mol. The van der Waals surface area contributed by atoms with E-state index in [2.05, 4.69) is 15.3 Å². The predicted molar refractivity (Wildman–Crippen MR) is 91.5 cm³/mol. The van der Waals surface area contributed by atoms with Crippen LogP contribution in [0.25, 0.3) is 16.5 Å². The van der Waals surface area contributed by atoms with Crippen molar-refractivity contribution in [3.63, 3.8) is 0 Å². The van der Waals surface area contributed by atoms with E-state index in [4.69, 9.17) is 20.8 Å². The number of hydrogen-bond acceptors (Lipinski definition) is 6. The van der Waals surface area contributed by atoms with Gasteiger partial charge < -0.3 is 9.15 Å². The van der Waals surface area contributed by atoms with E-state index in [1.807, 2.05) is 32.0 Å². The molecule has 0 saturated heterocycles. The topological polar surface area (TPSA) is 65.5 Å². The minimum Gasteiger partial charge on any atom is -0.481 e. The Hall–Kier alpha value is -2.38. The molecule has 122 valence electrons. The van der Waals surface area contributed by atoms with E-state index in [0.29, 0.717) is 21.6 Å². The van der Waals surface area contributed by atoms with Gasteiger partial charge in [0.15, 0.2) is 16.4 Å². The summed E-state index contributed by atoms with van der Waals surface area (Å²) >= 11 is 7.34. The van der Waals surface area contributed by atoms with Crippen molar-refractivity contribution in [2.45, 2.75) is 19.4 Å². The minimum absolute atomic E-state index is 0.569. The molecule has 0 saturated carbocycles. The van der Waals surface area contributed by atoms with Gasteiger partial charge in [-0.2, -0.15) is 9.61 Å². The Bertz CT molecular complexity index is 974. The van der Waals surface area contributed by atoms with Crippen LogP contribution in [0.1, 0.15) is 18.9 Å². The first-order valence-electron chi connectivity index (χ1n) is 7.24. The highest BCUT2D eigenvalue weighted by Gasteiger charge is 2.29. The number of hydrogen-bond donors (Lipinski definition) is 0. The summed E-state index contributed by atoms with van der Waals surface area (Å²) in [5.41, 5.74) is -0.625. The zero-order valence-electron chi connectivity index (χ0n) is 12.9. The number of fused-ring (bicyclic) bond motifs is 1. The molecule has 0 spiro atoms. The van der Waals surface area contributed by atoms with Gasteiger partial charge in [0.05, 0.1) is 6.26 Å². The van der Waals surface area contributed by atoms with Crippen molar-refractivity contribution in [1.29, 1.82) is 0 Å². The molecule has 0 atom stereocenters. The molecule has 4 aromatic rings. The van der Waals surface area contributed by atoms with Crippen molar-refractivity contribution in [1.82, 2.24) is 19.8 Å². The number of ether oxygens (including phenoxy) is 1. The number of halogens is 1. The molecule has 1 aromatic carbocycles. The smallest absolute Gasteiger partial charge is 0.235 e. The summed E-state index contributed by atoms with van der Waals surface area (Å²) in [6.07, 6.45) is 1.59. The van der Waals surface area contributed by atoms with Crippen molar-refractivity contribution >= 4 is 27.9 Å². The first-order chi connectivity index (χ1) is 11.5. The Kier molecular flexibility index (Phi) is 3.54. The summed E-state index contributed by atoms with van der Waals surface area (Å²) in [4.78, 5) is 0.684. The molecular formula is C16H13ClN4O2S. The van der Waals surface area contributed by atoms with Gasteiger partial charge in [-0.15, -0.1) is 10.2 Å². The molecule has 0 bridgehead atoms. The molecule has 0 unspecified atom stereocenters. The molecule has 3 heterocycles. The molecule has 0 radical (unpaired) electrons. The summed E-state index contributed by atoms with van der Waals surface area (Å²) in [7, 11) is 0. The average Bonchev–Trinajstić information content (AvgIpc) is 3.24. The first kappa shape index (κ1) is 15.2. The Morgan fingerprint density at radius 1 is 1.17 bits per heavy atom. The first-order valence-corrected chi connectivity index (χ1v) is 8.43. The molecule has 6 nitrogen and oxygen atoms in total. The summed E-state index contributed by atoms with van der Waals surface area (Å²) in [5.74, 6) is 1.91. The van der Waals surface area contributed by atoms with Crippen LogP contribution in [0, 0.1) is 0 Å². The second kappa shape index (κ2) is 5.61. The molecule has 0 amide bonds. The van der Waals surface area contributed by atoms with Gasteiger partial charge in [0.2, 0.25) is 10.8 Å². The summed E-state index contributed by atoms with van der Waals surface area (Å²) in [6.45, 7) is 3.92. The van der Waals surface area contributed by atoms with E-state index in [0.717, 1.165) is 10.8 Å². The lowest BCUT2D eigenvalue weighted by Crippen LogP contribution is -2.25. The number of nitrogens with zero attached hydrogens (tertiary/aromatic N) is 4. The van der Waals surface area contributed by atoms with Gasteiger partial charge in [-0.25, -0.2) is 0 Å². The standard InChI is InChI=1S/C16H13ClN4O2S/c1-16(2,23-11-7-5-10(17)6-8-11)14-20-21-13(12-4-3-9-22-12)18-19-15(21)24-14/h3-9H,1-2H3. The lowest BCUT2D eigenvalue weighted by Gasteiger charge is -2.23. The van der Waals surface area contributed by atoms with E-state index < -0.39 is 5.60 Å². The fourth-order valence-corrected chi connectivity index (χ4v) is 3.26. The van der Waals surface area contributed by atoms with Crippen LogP contribution in [0.3, 0.4) is 0 Å². The van der Waals surface area contributed by atoms with Crippen molar-refractivity contribution in [2.75, 3.05) is 0 Å². The van der Waals surface area contributed by atoms with E-state index in [9.17, 15) is 0 Å². The highest BCUT2D eigenvalue weighted by Crippen LogP contribution is 2.32. The number of benzene rings is 1. The second-order valence-electron chi connectivity index (χ2n) is 5.67. The Labute approximate surface area is 146 Å². The van der Waals surface area contributed by atoms with Crippen molar-refractivity contribution < 1.29 is 9.15 Å². The molecule has 0 aliphatic carbocycles. The highest BCUT2D eigenvalue weighted by molar-refractivity contribution is 7.16.